The number of esters is 1. The first-order valence-corrected chi connectivity index (χ1v) is 6.86. The van der Waals surface area contributed by atoms with E-state index in [1.165, 1.54) is 12.1 Å². The molecule has 0 aliphatic rings. The smallest absolute Gasteiger partial charge is 0.338 e. The number of nitro groups is 1. The Hall–Kier alpha value is -2.03. The minimum Gasteiger partial charge on any atom is -0.462 e. The monoisotopic (exact) mass is 344 g/mol. The zero-order valence-electron chi connectivity index (χ0n) is 10.7. The van der Waals surface area contributed by atoms with Gasteiger partial charge in [0, 0.05) is 11.4 Å². The molecule has 0 atom stereocenters. The molecule has 0 radical (unpaired) electrons. The highest BCUT2D eigenvalue weighted by Crippen LogP contribution is 2.26. The Kier molecular flexibility index (Phi) is 6.57. The Morgan fingerprint density at radius 3 is 2.90 bits per heavy atom. The minimum absolute atomic E-state index is 0.112. The van der Waals surface area contributed by atoms with Crippen molar-refractivity contribution in [2.45, 2.75) is 6.92 Å². The Labute approximate surface area is 123 Å². The number of halogens is 1. The van der Waals surface area contributed by atoms with E-state index in [0.29, 0.717) is 11.9 Å². The lowest BCUT2D eigenvalue weighted by Crippen LogP contribution is -2.06. The quantitative estimate of drug-likeness (QED) is 0.269. The molecular weight excluding hydrogens is 332 g/mol. The Morgan fingerprint density at radius 1 is 1.55 bits per heavy atom. The van der Waals surface area contributed by atoms with Crippen molar-refractivity contribution in [1.82, 2.24) is 0 Å². The van der Waals surface area contributed by atoms with E-state index in [-0.39, 0.29) is 23.5 Å². The number of carbonyl (C=O) groups is 1. The zero-order valence-corrected chi connectivity index (χ0v) is 12.3. The van der Waals surface area contributed by atoms with Crippen molar-refractivity contribution in [2.75, 3.05) is 23.9 Å². The summed E-state index contributed by atoms with van der Waals surface area (Å²) in [6, 6.07) is 3.95. The molecule has 0 bridgehead atoms. The number of nitro benzene ring substituents is 1. The first-order chi connectivity index (χ1) is 9.60. The number of hydrogen-bond acceptors (Lipinski definition) is 6. The number of nitrogens with one attached hydrogen (secondary N) is 1. The van der Waals surface area contributed by atoms with Gasteiger partial charge >= 0.3 is 5.97 Å². The highest BCUT2D eigenvalue weighted by atomic mass is 79.9. The predicted molar refractivity (Wildman–Crippen MR) is 76.2 cm³/mol. The summed E-state index contributed by atoms with van der Waals surface area (Å²) < 4.78 is 4.79. The largest absolute Gasteiger partial charge is 0.462 e. The van der Waals surface area contributed by atoms with Gasteiger partial charge in [0.05, 0.1) is 23.6 Å². The maximum absolute atomic E-state index is 11.5. The van der Waals surface area contributed by atoms with E-state index < -0.39 is 10.9 Å². The molecule has 108 valence electrons. The number of anilines is 1. The van der Waals surface area contributed by atoms with E-state index in [1.54, 1.807) is 6.92 Å². The minimum atomic E-state index is -0.608. The van der Waals surface area contributed by atoms with Crippen LogP contribution in [0.15, 0.2) is 28.5 Å². The molecule has 0 aliphatic heterocycles. The molecule has 9 heteroatoms. The number of rotatable bonds is 7. The van der Waals surface area contributed by atoms with Gasteiger partial charge in [-0.2, -0.15) is 5.11 Å². The van der Waals surface area contributed by atoms with E-state index in [4.69, 9.17) is 4.74 Å². The third-order valence-electron chi connectivity index (χ3n) is 2.13. The summed E-state index contributed by atoms with van der Waals surface area (Å²) in [4.78, 5) is 21.9. The van der Waals surface area contributed by atoms with Crippen LogP contribution in [0.4, 0.5) is 11.4 Å². The van der Waals surface area contributed by atoms with Crippen LogP contribution in [0.1, 0.15) is 17.3 Å². The molecule has 0 unspecified atom stereocenters. The molecule has 1 aromatic rings. The molecule has 0 spiro atoms. The second-order valence-electron chi connectivity index (χ2n) is 3.48. The fraction of sp³-hybridized carbons (Fsp3) is 0.364. The topological polar surface area (TPSA) is 106 Å². The molecule has 1 rings (SSSR count). The molecule has 0 amide bonds. The molecule has 20 heavy (non-hydrogen) atoms. The first-order valence-electron chi connectivity index (χ1n) is 5.74. The number of alkyl halides is 1. The molecule has 0 saturated heterocycles. The van der Waals surface area contributed by atoms with Gasteiger partial charge in [-0.25, -0.2) is 4.79 Å². The van der Waals surface area contributed by atoms with Crippen LogP contribution in [0.3, 0.4) is 0 Å². The number of carbonyl (C=O) groups excluding carboxylic acids is 1. The van der Waals surface area contributed by atoms with Crippen molar-refractivity contribution in [3.05, 3.63) is 33.9 Å². The second-order valence-corrected chi connectivity index (χ2v) is 4.27. The average Bonchev–Trinajstić information content (AvgIpc) is 2.43. The van der Waals surface area contributed by atoms with Gasteiger partial charge in [-0.3, -0.25) is 15.5 Å². The molecule has 0 aromatic heterocycles. The Balaban J connectivity index is 2.96. The lowest BCUT2D eigenvalue weighted by molar-refractivity contribution is -0.384. The molecule has 8 nitrogen and oxygen atoms in total. The normalized spacial score (nSPS) is 10.5. The van der Waals surface area contributed by atoms with Gasteiger partial charge in [-0.15, -0.1) is 0 Å². The van der Waals surface area contributed by atoms with E-state index in [0.717, 1.165) is 6.07 Å². The SMILES string of the molecule is CCOC(=O)c1ccc(NN=NCCBr)c([N+](=O)[O-])c1. The van der Waals surface area contributed by atoms with Gasteiger partial charge in [-0.1, -0.05) is 21.2 Å². The summed E-state index contributed by atoms with van der Waals surface area (Å²) in [5.41, 5.74) is 2.47. The van der Waals surface area contributed by atoms with Crippen molar-refractivity contribution in [1.29, 1.82) is 0 Å². The van der Waals surface area contributed by atoms with Crippen LogP contribution >= 0.6 is 15.9 Å². The second kappa shape index (κ2) is 8.20. The van der Waals surface area contributed by atoms with Crippen molar-refractivity contribution in [3.63, 3.8) is 0 Å². The maximum Gasteiger partial charge on any atom is 0.338 e. The fourth-order valence-corrected chi connectivity index (χ4v) is 1.45. The van der Waals surface area contributed by atoms with Gasteiger partial charge in [0.1, 0.15) is 5.69 Å². The van der Waals surface area contributed by atoms with Crippen LogP contribution in [0, 0.1) is 10.1 Å². The van der Waals surface area contributed by atoms with Crippen molar-refractivity contribution in [2.24, 2.45) is 10.3 Å². The first kappa shape index (κ1) is 16.0. The van der Waals surface area contributed by atoms with Gasteiger partial charge in [-0.05, 0) is 19.1 Å². The standard InChI is InChI=1S/C11H13BrN4O4/c1-2-20-11(17)8-3-4-9(10(7-8)16(18)19)14-15-13-6-5-12/h3-4,7H,2,5-6H2,1H3,(H,13,14). The average molecular weight is 345 g/mol. The van der Waals surface area contributed by atoms with Crippen molar-refractivity contribution >= 4 is 33.3 Å². The molecule has 0 aliphatic carbocycles. The van der Waals surface area contributed by atoms with Crippen LogP contribution < -0.4 is 5.43 Å². The lowest BCUT2D eigenvalue weighted by atomic mass is 10.2. The fourth-order valence-electron chi connectivity index (χ4n) is 1.30. The van der Waals surface area contributed by atoms with Gasteiger partial charge in [0.15, 0.2) is 0 Å². The number of benzene rings is 1. The highest BCUT2D eigenvalue weighted by Gasteiger charge is 2.18. The van der Waals surface area contributed by atoms with Gasteiger partial charge in [0.2, 0.25) is 0 Å². The summed E-state index contributed by atoms with van der Waals surface area (Å²) in [5, 5.41) is 19.0. The summed E-state index contributed by atoms with van der Waals surface area (Å²) in [6.07, 6.45) is 0. The zero-order chi connectivity index (χ0) is 15.0. The van der Waals surface area contributed by atoms with E-state index >= 15 is 0 Å². The Morgan fingerprint density at radius 2 is 2.30 bits per heavy atom. The van der Waals surface area contributed by atoms with Crippen LogP contribution in [0.25, 0.3) is 0 Å². The lowest BCUT2D eigenvalue weighted by Gasteiger charge is -2.04. The number of hydrogen-bond donors (Lipinski definition) is 1. The summed E-state index contributed by atoms with van der Waals surface area (Å²) in [5.74, 6) is -0.608. The van der Waals surface area contributed by atoms with Crippen LogP contribution in [0.2, 0.25) is 0 Å². The number of nitrogens with zero attached hydrogens (tertiary/aromatic N) is 3. The highest BCUT2D eigenvalue weighted by molar-refractivity contribution is 9.09. The molecule has 1 aromatic carbocycles. The van der Waals surface area contributed by atoms with Gasteiger partial charge in [0.25, 0.3) is 5.69 Å². The van der Waals surface area contributed by atoms with E-state index in [9.17, 15) is 14.9 Å². The summed E-state index contributed by atoms with van der Waals surface area (Å²) in [7, 11) is 0. The van der Waals surface area contributed by atoms with Gasteiger partial charge < -0.3 is 4.74 Å². The van der Waals surface area contributed by atoms with E-state index in [2.05, 4.69) is 31.7 Å². The maximum atomic E-state index is 11.5. The van der Waals surface area contributed by atoms with Crippen molar-refractivity contribution < 1.29 is 14.5 Å². The number of ether oxygens (including phenoxy) is 1. The Bertz CT molecular complexity index is 521. The summed E-state index contributed by atoms with van der Waals surface area (Å²) in [6.45, 7) is 2.31. The molecule has 0 heterocycles. The third-order valence-corrected chi connectivity index (χ3v) is 2.49. The predicted octanol–water partition coefficient (Wildman–Crippen LogP) is 2.95. The van der Waals surface area contributed by atoms with Crippen molar-refractivity contribution in [3.8, 4) is 0 Å². The summed E-state index contributed by atoms with van der Waals surface area (Å²) >= 11 is 3.17. The van der Waals surface area contributed by atoms with E-state index in [1.807, 2.05) is 0 Å². The molecule has 0 saturated carbocycles. The van der Waals surface area contributed by atoms with Crippen LogP contribution in [-0.4, -0.2) is 29.4 Å². The molecule has 1 N–H and O–H groups in total. The van der Waals surface area contributed by atoms with Crippen LogP contribution in [-0.2, 0) is 4.74 Å². The molecular formula is C11H13BrN4O4. The van der Waals surface area contributed by atoms with Crippen LogP contribution in [0.5, 0.6) is 0 Å². The molecule has 0 fully saturated rings. The third kappa shape index (κ3) is 4.57.